The van der Waals surface area contributed by atoms with Gasteiger partial charge in [0.15, 0.2) is 0 Å². The van der Waals surface area contributed by atoms with Crippen molar-refractivity contribution in [3.05, 3.63) is 29.8 Å². The summed E-state index contributed by atoms with van der Waals surface area (Å²) in [6.07, 6.45) is 0. The van der Waals surface area contributed by atoms with Gasteiger partial charge in [-0.15, -0.1) is 0 Å². The molecule has 0 atom stereocenters. The standard InChI is InChI=1S/C7H9NO3S.Na.H/c8-5-6-1-3-7(4-2-6)12(9,10)11;;/h1-4H,5,8H2,(H,9,10,11);;/q;+1;-1. The molecule has 0 saturated carbocycles. The van der Waals surface area contributed by atoms with Crippen molar-refractivity contribution in [2.45, 2.75) is 11.4 Å². The van der Waals surface area contributed by atoms with E-state index in [1.54, 1.807) is 12.1 Å². The van der Waals surface area contributed by atoms with Gasteiger partial charge < -0.3 is 7.16 Å². The fourth-order valence-corrected chi connectivity index (χ4v) is 1.28. The van der Waals surface area contributed by atoms with Gasteiger partial charge in [0.1, 0.15) is 0 Å². The summed E-state index contributed by atoms with van der Waals surface area (Å²) in [7, 11) is -4.07. The van der Waals surface area contributed by atoms with Gasteiger partial charge in [0.05, 0.1) is 4.90 Å². The first kappa shape index (κ1) is 13.1. The Morgan fingerprint density at radius 2 is 1.77 bits per heavy atom. The smallest absolute Gasteiger partial charge is 1.00 e. The van der Waals surface area contributed by atoms with Crippen LogP contribution in [0.5, 0.6) is 0 Å². The summed E-state index contributed by atoms with van der Waals surface area (Å²) in [5.74, 6) is 0. The predicted molar refractivity (Wildman–Crippen MR) is 45.3 cm³/mol. The predicted octanol–water partition coefficient (Wildman–Crippen LogP) is -2.49. The average molecular weight is 211 g/mol. The Morgan fingerprint density at radius 3 is 2.08 bits per heavy atom. The normalized spacial score (nSPS) is 10.6. The first-order valence-corrected chi connectivity index (χ1v) is 4.74. The molecule has 3 N–H and O–H groups in total. The summed E-state index contributed by atoms with van der Waals surface area (Å²) in [4.78, 5) is -0.111. The van der Waals surface area contributed by atoms with Gasteiger partial charge in [-0.3, -0.25) is 4.55 Å². The molecule has 0 amide bonds. The van der Waals surface area contributed by atoms with Crippen LogP contribution < -0.4 is 35.3 Å². The Morgan fingerprint density at radius 1 is 1.31 bits per heavy atom. The van der Waals surface area contributed by atoms with E-state index < -0.39 is 10.1 Å². The number of nitrogens with two attached hydrogens (primary N) is 1. The molecule has 1 rings (SSSR count). The maximum absolute atomic E-state index is 10.6. The first-order valence-electron chi connectivity index (χ1n) is 3.30. The van der Waals surface area contributed by atoms with Crippen molar-refractivity contribution in [2.24, 2.45) is 5.73 Å². The molecule has 0 aliphatic rings. The van der Waals surface area contributed by atoms with Crippen LogP contribution in [0.15, 0.2) is 29.2 Å². The molecular formula is C7H10NNaO3S. The van der Waals surface area contributed by atoms with Crippen molar-refractivity contribution in [1.82, 2.24) is 0 Å². The Bertz CT molecular complexity index is 365. The summed E-state index contributed by atoms with van der Waals surface area (Å²) in [5, 5.41) is 0. The SMILES string of the molecule is NCc1ccc(S(=O)(=O)O)cc1.[H-].[Na+]. The van der Waals surface area contributed by atoms with E-state index in [4.69, 9.17) is 10.3 Å². The van der Waals surface area contributed by atoms with Gasteiger partial charge in [-0.05, 0) is 17.7 Å². The fraction of sp³-hybridized carbons (Fsp3) is 0.143. The van der Waals surface area contributed by atoms with Gasteiger partial charge in [-0.1, -0.05) is 12.1 Å². The number of hydrogen-bond acceptors (Lipinski definition) is 3. The average Bonchev–Trinajstić information content (AvgIpc) is 2.03. The number of rotatable bonds is 2. The van der Waals surface area contributed by atoms with Gasteiger partial charge in [0.25, 0.3) is 10.1 Å². The topological polar surface area (TPSA) is 80.4 Å². The van der Waals surface area contributed by atoms with E-state index in [1.807, 2.05) is 0 Å². The van der Waals surface area contributed by atoms with Crippen LogP contribution in [0.25, 0.3) is 0 Å². The largest absolute Gasteiger partial charge is 1.00 e. The van der Waals surface area contributed by atoms with Gasteiger partial charge in [0, 0.05) is 6.54 Å². The van der Waals surface area contributed by atoms with Crippen LogP contribution in [-0.2, 0) is 16.7 Å². The third-order valence-electron chi connectivity index (χ3n) is 1.46. The Balaban J connectivity index is 0. The van der Waals surface area contributed by atoms with Crippen molar-refractivity contribution in [2.75, 3.05) is 0 Å². The van der Waals surface area contributed by atoms with E-state index in [9.17, 15) is 8.42 Å². The van der Waals surface area contributed by atoms with Crippen molar-refractivity contribution in [3.8, 4) is 0 Å². The number of hydrogen-bond donors (Lipinski definition) is 2. The van der Waals surface area contributed by atoms with E-state index >= 15 is 0 Å². The van der Waals surface area contributed by atoms with Crippen molar-refractivity contribution < 1.29 is 44.0 Å². The van der Waals surface area contributed by atoms with Crippen LogP contribution in [0, 0.1) is 0 Å². The molecule has 6 heteroatoms. The van der Waals surface area contributed by atoms with E-state index in [0.29, 0.717) is 6.54 Å². The van der Waals surface area contributed by atoms with Crippen molar-refractivity contribution in [1.29, 1.82) is 0 Å². The van der Waals surface area contributed by atoms with Crippen LogP contribution in [0.1, 0.15) is 6.99 Å². The van der Waals surface area contributed by atoms with Crippen LogP contribution >= 0.6 is 0 Å². The monoisotopic (exact) mass is 211 g/mol. The van der Waals surface area contributed by atoms with Gasteiger partial charge in [0.2, 0.25) is 0 Å². The molecule has 0 unspecified atom stereocenters. The molecule has 0 aliphatic carbocycles. The van der Waals surface area contributed by atoms with E-state index in [1.165, 1.54) is 12.1 Å². The minimum atomic E-state index is -4.07. The maximum atomic E-state index is 10.6. The minimum absolute atomic E-state index is 0. The van der Waals surface area contributed by atoms with Crippen LogP contribution in [0.2, 0.25) is 0 Å². The van der Waals surface area contributed by atoms with Gasteiger partial charge >= 0.3 is 29.6 Å². The third-order valence-corrected chi connectivity index (χ3v) is 2.32. The van der Waals surface area contributed by atoms with E-state index in [-0.39, 0.29) is 35.9 Å². The van der Waals surface area contributed by atoms with Crippen LogP contribution in [0.4, 0.5) is 0 Å². The second kappa shape index (κ2) is 5.09. The first-order chi connectivity index (χ1) is 5.54. The van der Waals surface area contributed by atoms with Crippen LogP contribution in [-0.4, -0.2) is 13.0 Å². The molecular weight excluding hydrogens is 201 g/mol. The molecule has 0 aliphatic heterocycles. The van der Waals surface area contributed by atoms with Gasteiger partial charge in [-0.2, -0.15) is 8.42 Å². The molecule has 1 aromatic carbocycles. The maximum Gasteiger partial charge on any atom is 1.00 e. The third kappa shape index (κ3) is 3.76. The van der Waals surface area contributed by atoms with Crippen molar-refractivity contribution in [3.63, 3.8) is 0 Å². The molecule has 0 aromatic heterocycles. The Kier molecular flexibility index (Phi) is 5.13. The zero-order valence-corrected chi connectivity index (χ0v) is 10.1. The molecule has 0 saturated heterocycles. The zero-order valence-electron chi connectivity index (χ0n) is 8.27. The molecule has 4 nitrogen and oxygen atoms in total. The summed E-state index contributed by atoms with van der Waals surface area (Å²) < 4.78 is 29.7. The molecule has 68 valence electrons. The molecule has 0 bridgehead atoms. The van der Waals surface area contributed by atoms with E-state index in [2.05, 4.69) is 0 Å². The molecule has 0 heterocycles. The Labute approximate surface area is 101 Å². The van der Waals surface area contributed by atoms with Gasteiger partial charge in [-0.25, -0.2) is 0 Å². The molecule has 0 fully saturated rings. The Hall–Kier alpha value is 0.0900. The molecule has 13 heavy (non-hydrogen) atoms. The van der Waals surface area contributed by atoms with Crippen molar-refractivity contribution >= 4 is 10.1 Å². The summed E-state index contributed by atoms with van der Waals surface area (Å²) in [6.45, 7) is 0.353. The second-order valence-electron chi connectivity index (χ2n) is 2.32. The van der Waals surface area contributed by atoms with Crippen LogP contribution in [0.3, 0.4) is 0 Å². The molecule has 0 radical (unpaired) electrons. The molecule has 0 spiro atoms. The minimum Gasteiger partial charge on any atom is -1.00 e. The van der Waals surface area contributed by atoms with E-state index in [0.717, 1.165) is 5.56 Å². The quantitative estimate of drug-likeness (QED) is 0.419. The molecule has 1 aromatic rings. The zero-order chi connectivity index (χ0) is 9.19. The number of benzene rings is 1. The summed E-state index contributed by atoms with van der Waals surface area (Å²) >= 11 is 0. The summed E-state index contributed by atoms with van der Waals surface area (Å²) in [6, 6.07) is 5.75. The summed E-state index contributed by atoms with van der Waals surface area (Å²) in [5.41, 5.74) is 6.12. The fourth-order valence-electron chi connectivity index (χ4n) is 0.798. The second-order valence-corrected chi connectivity index (χ2v) is 3.74.